The van der Waals surface area contributed by atoms with Gasteiger partial charge in [0.15, 0.2) is 11.0 Å². The van der Waals surface area contributed by atoms with Crippen molar-refractivity contribution in [1.29, 1.82) is 0 Å². The number of nitrogens with one attached hydrogen (secondary N) is 1. The molecule has 0 atom stereocenters. The van der Waals surface area contributed by atoms with E-state index in [0.717, 1.165) is 29.6 Å². The third-order valence-electron chi connectivity index (χ3n) is 4.79. The van der Waals surface area contributed by atoms with Gasteiger partial charge < -0.3 is 14.6 Å². The molecule has 0 saturated heterocycles. The highest BCUT2D eigenvalue weighted by molar-refractivity contribution is 7.99. The van der Waals surface area contributed by atoms with Crippen LogP contribution in [0.15, 0.2) is 23.4 Å². The van der Waals surface area contributed by atoms with E-state index in [9.17, 15) is 4.79 Å². The second-order valence-electron chi connectivity index (χ2n) is 7.26. The van der Waals surface area contributed by atoms with Crippen LogP contribution in [0, 0.1) is 13.8 Å². The molecule has 6 nitrogen and oxygen atoms in total. The number of thioether (sulfide) groups is 1. The Morgan fingerprint density at radius 1 is 1.19 bits per heavy atom. The van der Waals surface area contributed by atoms with E-state index in [0.29, 0.717) is 18.4 Å². The van der Waals surface area contributed by atoms with Crippen LogP contribution in [-0.4, -0.2) is 32.5 Å². The van der Waals surface area contributed by atoms with Crippen molar-refractivity contribution in [3.63, 3.8) is 0 Å². The fourth-order valence-corrected chi connectivity index (χ4v) is 4.15. The first-order valence-electron chi connectivity index (χ1n) is 9.53. The van der Waals surface area contributed by atoms with Gasteiger partial charge in [0.2, 0.25) is 5.91 Å². The number of hydrogen-bond acceptors (Lipinski definition) is 5. The van der Waals surface area contributed by atoms with Crippen LogP contribution in [0.4, 0.5) is 0 Å². The SMILES string of the molecule is Cc1cc(C)cc(OCc2nnc(SCC(=O)NC3CCCCC3)n2C)c1. The Bertz CT molecular complexity index is 764. The summed E-state index contributed by atoms with van der Waals surface area (Å²) in [6.45, 7) is 4.45. The van der Waals surface area contributed by atoms with Crippen LogP contribution in [0.2, 0.25) is 0 Å². The van der Waals surface area contributed by atoms with Crippen molar-refractivity contribution in [2.75, 3.05) is 5.75 Å². The topological polar surface area (TPSA) is 69.0 Å². The smallest absolute Gasteiger partial charge is 0.230 e. The van der Waals surface area contributed by atoms with Gasteiger partial charge in [-0.2, -0.15) is 0 Å². The van der Waals surface area contributed by atoms with E-state index in [1.165, 1.54) is 42.2 Å². The molecule has 0 radical (unpaired) electrons. The minimum atomic E-state index is 0.0722. The number of ether oxygens (including phenoxy) is 1. The van der Waals surface area contributed by atoms with Crippen molar-refractivity contribution in [2.45, 2.75) is 63.8 Å². The third kappa shape index (κ3) is 5.73. The highest BCUT2D eigenvalue weighted by Gasteiger charge is 2.17. The number of hydrogen-bond donors (Lipinski definition) is 1. The molecule has 1 aliphatic carbocycles. The molecule has 0 unspecified atom stereocenters. The van der Waals surface area contributed by atoms with Gasteiger partial charge in [0.05, 0.1) is 5.75 Å². The molecule has 7 heteroatoms. The van der Waals surface area contributed by atoms with Crippen molar-refractivity contribution in [3.05, 3.63) is 35.2 Å². The summed E-state index contributed by atoms with van der Waals surface area (Å²) in [6, 6.07) is 6.47. The van der Waals surface area contributed by atoms with Crippen LogP contribution < -0.4 is 10.1 Å². The van der Waals surface area contributed by atoms with Crippen molar-refractivity contribution >= 4 is 17.7 Å². The van der Waals surface area contributed by atoms with Gasteiger partial charge in [0.25, 0.3) is 0 Å². The van der Waals surface area contributed by atoms with Gasteiger partial charge in [0.1, 0.15) is 12.4 Å². The molecule has 1 heterocycles. The van der Waals surface area contributed by atoms with Crippen LogP contribution in [0.3, 0.4) is 0 Å². The van der Waals surface area contributed by atoms with E-state index in [2.05, 4.69) is 35.4 Å². The largest absolute Gasteiger partial charge is 0.486 e. The van der Waals surface area contributed by atoms with E-state index in [1.807, 2.05) is 23.7 Å². The van der Waals surface area contributed by atoms with Gasteiger partial charge in [-0.25, -0.2) is 0 Å². The zero-order valence-corrected chi connectivity index (χ0v) is 17.1. The molecule has 2 aromatic rings. The van der Waals surface area contributed by atoms with E-state index in [-0.39, 0.29) is 5.91 Å². The minimum Gasteiger partial charge on any atom is -0.486 e. The minimum absolute atomic E-state index is 0.0722. The molecule has 1 fully saturated rings. The normalized spacial score (nSPS) is 14.9. The molecule has 27 heavy (non-hydrogen) atoms. The molecular formula is C20H28N4O2S. The van der Waals surface area contributed by atoms with Crippen LogP contribution in [0.5, 0.6) is 5.75 Å². The quantitative estimate of drug-likeness (QED) is 0.735. The summed E-state index contributed by atoms with van der Waals surface area (Å²) >= 11 is 1.41. The Labute approximate surface area is 165 Å². The molecule has 1 saturated carbocycles. The second-order valence-corrected chi connectivity index (χ2v) is 8.20. The molecule has 3 rings (SSSR count). The summed E-state index contributed by atoms with van der Waals surface area (Å²) in [4.78, 5) is 12.2. The van der Waals surface area contributed by atoms with Crippen LogP contribution in [0.1, 0.15) is 49.1 Å². The molecular weight excluding hydrogens is 360 g/mol. The molecule has 0 aliphatic heterocycles. The highest BCUT2D eigenvalue weighted by Crippen LogP contribution is 2.20. The number of carbonyl (C=O) groups is 1. The lowest BCUT2D eigenvalue weighted by molar-refractivity contribution is -0.119. The van der Waals surface area contributed by atoms with Crippen LogP contribution >= 0.6 is 11.8 Å². The van der Waals surface area contributed by atoms with E-state index >= 15 is 0 Å². The maximum absolute atomic E-state index is 12.2. The Morgan fingerprint density at radius 2 is 1.89 bits per heavy atom. The standard InChI is InChI=1S/C20H28N4O2S/c1-14-9-15(2)11-17(10-14)26-12-18-22-23-20(24(18)3)27-13-19(25)21-16-7-5-4-6-8-16/h9-11,16H,4-8,12-13H2,1-3H3,(H,21,25). The van der Waals surface area contributed by atoms with E-state index in [1.54, 1.807) is 0 Å². The zero-order valence-electron chi connectivity index (χ0n) is 16.3. The summed E-state index contributed by atoms with van der Waals surface area (Å²) in [5.41, 5.74) is 2.34. The number of nitrogens with zero attached hydrogens (tertiary/aromatic N) is 3. The van der Waals surface area contributed by atoms with Crippen molar-refractivity contribution in [2.24, 2.45) is 7.05 Å². The Morgan fingerprint density at radius 3 is 2.59 bits per heavy atom. The Kier molecular flexibility index (Phi) is 6.77. The van der Waals surface area contributed by atoms with Gasteiger partial charge >= 0.3 is 0 Å². The predicted molar refractivity (Wildman–Crippen MR) is 107 cm³/mol. The van der Waals surface area contributed by atoms with Crippen molar-refractivity contribution in [1.82, 2.24) is 20.1 Å². The van der Waals surface area contributed by atoms with Crippen molar-refractivity contribution < 1.29 is 9.53 Å². The fourth-order valence-electron chi connectivity index (χ4n) is 3.41. The van der Waals surface area contributed by atoms with Gasteiger partial charge in [-0.05, 0) is 49.9 Å². The molecule has 1 aromatic carbocycles. The Hall–Kier alpha value is -2.02. The summed E-state index contributed by atoms with van der Waals surface area (Å²) in [6.07, 6.45) is 5.91. The maximum atomic E-state index is 12.2. The average molecular weight is 389 g/mol. The third-order valence-corrected chi connectivity index (χ3v) is 5.81. The molecule has 0 bridgehead atoms. The summed E-state index contributed by atoms with van der Waals surface area (Å²) in [5.74, 6) is 2.00. The first-order chi connectivity index (χ1) is 13.0. The molecule has 0 spiro atoms. The highest BCUT2D eigenvalue weighted by atomic mass is 32.2. The first-order valence-corrected chi connectivity index (χ1v) is 10.5. The number of amides is 1. The number of carbonyl (C=O) groups excluding carboxylic acids is 1. The summed E-state index contributed by atoms with van der Waals surface area (Å²) in [5, 5.41) is 12.3. The first kappa shape index (κ1) is 19.7. The zero-order chi connectivity index (χ0) is 19.2. The average Bonchev–Trinajstić information content (AvgIpc) is 2.98. The van der Waals surface area contributed by atoms with Gasteiger partial charge in [-0.15, -0.1) is 10.2 Å². The molecule has 146 valence electrons. The molecule has 1 aromatic heterocycles. The summed E-state index contributed by atoms with van der Waals surface area (Å²) in [7, 11) is 1.90. The fraction of sp³-hybridized carbons (Fsp3) is 0.550. The number of aryl methyl sites for hydroxylation is 2. The lowest BCUT2D eigenvalue weighted by atomic mass is 9.95. The second kappa shape index (κ2) is 9.26. The van der Waals surface area contributed by atoms with E-state index < -0.39 is 0 Å². The Balaban J connectivity index is 1.49. The predicted octanol–water partition coefficient (Wildman–Crippen LogP) is 3.55. The molecule has 1 N–H and O–H groups in total. The van der Waals surface area contributed by atoms with Crippen molar-refractivity contribution in [3.8, 4) is 5.75 Å². The number of aromatic nitrogens is 3. The monoisotopic (exact) mass is 388 g/mol. The number of rotatable bonds is 7. The molecule has 1 aliphatic rings. The lowest BCUT2D eigenvalue weighted by Gasteiger charge is -2.22. The van der Waals surface area contributed by atoms with Crippen LogP contribution in [-0.2, 0) is 18.4 Å². The lowest BCUT2D eigenvalue weighted by Crippen LogP contribution is -2.37. The van der Waals surface area contributed by atoms with Gasteiger partial charge in [0, 0.05) is 13.1 Å². The summed E-state index contributed by atoms with van der Waals surface area (Å²) < 4.78 is 7.75. The molecule has 1 amide bonds. The van der Waals surface area contributed by atoms with E-state index in [4.69, 9.17) is 4.74 Å². The number of benzene rings is 1. The maximum Gasteiger partial charge on any atom is 0.230 e. The van der Waals surface area contributed by atoms with Gasteiger partial charge in [-0.3, -0.25) is 4.79 Å². The van der Waals surface area contributed by atoms with Gasteiger partial charge in [-0.1, -0.05) is 37.1 Å². The van der Waals surface area contributed by atoms with Crippen LogP contribution in [0.25, 0.3) is 0 Å².